The van der Waals surface area contributed by atoms with Gasteiger partial charge in [0, 0.05) is 13.1 Å². The molecule has 0 unspecified atom stereocenters. The molecule has 3 heteroatoms. The minimum Gasteiger partial charge on any atom is -0.444 e. The first kappa shape index (κ1) is 15.4. The Balaban J connectivity index is 1.72. The lowest BCUT2D eigenvalue weighted by Crippen LogP contribution is -2.46. The fraction of sp³-hybridized carbons (Fsp3) is 0.632. The molecule has 0 saturated carbocycles. The normalized spacial score (nSPS) is 20.1. The van der Waals surface area contributed by atoms with E-state index in [0.717, 1.165) is 25.9 Å². The number of rotatable bonds is 0. The standard InChI is InChI=1S/C19H27NO2/c1-14-6-5-7-15-8-9-19(16(14)15)10-12-20(13-11-19)17(21)22-18(2,3)4/h5-7H,8-13H2,1-4H3. The molecular weight excluding hydrogens is 274 g/mol. The summed E-state index contributed by atoms with van der Waals surface area (Å²) >= 11 is 0. The van der Waals surface area contributed by atoms with Crippen molar-refractivity contribution in [2.75, 3.05) is 13.1 Å². The molecule has 0 aromatic heterocycles. The molecule has 1 heterocycles. The molecule has 2 aliphatic rings. The number of amides is 1. The van der Waals surface area contributed by atoms with Gasteiger partial charge in [0.1, 0.15) is 5.60 Å². The monoisotopic (exact) mass is 301 g/mol. The topological polar surface area (TPSA) is 29.5 Å². The number of hydrogen-bond donors (Lipinski definition) is 0. The summed E-state index contributed by atoms with van der Waals surface area (Å²) in [6, 6.07) is 6.67. The van der Waals surface area contributed by atoms with Gasteiger partial charge in [-0.15, -0.1) is 0 Å². The van der Waals surface area contributed by atoms with Crippen LogP contribution in [0, 0.1) is 6.92 Å². The van der Waals surface area contributed by atoms with E-state index in [1.165, 1.54) is 24.0 Å². The molecule has 1 saturated heterocycles. The minimum atomic E-state index is -0.414. The Hall–Kier alpha value is -1.51. The average molecular weight is 301 g/mol. The van der Waals surface area contributed by atoms with Crippen LogP contribution in [0.15, 0.2) is 18.2 Å². The summed E-state index contributed by atoms with van der Waals surface area (Å²) < 4.78 is 5.51. The van der Waals surface area contributed by atoms with Gasteiger partial charge >= 0.3 is 6.09 Å². The minimum absolute atomic E-state index is 0.162. The van der Waals surface area contributed by atoms with E-state index < -0.39 is 5.60 Å². The molecular formula is C19H27NO2. The van der Waals surface area contributed by atoms with Crippen LogP contribution in [0.4, 0.5) is 4.79 Å². The summed E-state index contributed by atoms with van der Waals surface area (Å²) in [5.74, 6) is 0. The van der Waals surface area contributed by atoms with Crippen molar-refractivity contribution in [1.82, 2.24) is 4.90 Å². The Morgan fingerprint density at radius 3 is 2.50 bits per heavy atom. The summed E-state index contributed by atoms with van der Waals surface area (Å²) in [5.41, 5.74) is 4.38. The van der Waals surface area contributed by atoms with Crippen molar-refractivity contribution in [2.24, 2.45) is 0 Å². The highest BCUT2D eigenvalue weighted by Gasteiger charge is 2.43. The average Bonchev–Trinajstić information content (AvgIpc) is 2.78. The first-order chi connectivity index (χ1) is 10.3. The fourth-order valence-electron chi connectivity index (χ4n) is 4.14. The van der Waals surface area contributed by atoms with Crippen LogP contribution in [0.5, 0.6) is 0 Å². The Morgan fingerprint density at radius 2 is 1.86 bits per heavy atom. The van der Waals surface area contributed by atoms with E-state index in [4.69, 9.17) is 4.74 Å². The van der Waals surface area contributed by atoms with Gasteiger partial charge in [0.2, 0.25) is 0 Å². The second-order valence-corrected chi connectivity index (χ2v) is 7.86. The summed E-state index contributed by atoms with van der Waals surface area (Å²) in [6.45, 7) is 9.62. The lowest BCUT2D eigenvalue weighted by atomic mass is 9.72. The number of aryl methyl sites for hydroxylation is 2. The van der Waals surface area contributed by atoms with E-state index >= 15 is 0 Å². The molecule has 1 aliphatic carbocycles. The molecule has 1 fully saturated rings. The Labute approximate surface area is 133 Å². The van der Waals surface area contributed by atoms with Gasteiger partial charge in [0.15, 0.2) is 0 Å². The number of likely N-dealkylation sites (tertiary alicyclic amines) is 1. The second kappa shape index (κ2) is 5.29. The molecule has 3 rings (SSSR count). The third-order valence-electron chi connectivity index (χ3n) is 5.13. The van der Waals surface area contributed by atoms with Crippen LogP contribution in [0.25, 0.3) is 0 Å². The molecule has 1 aliphatic heterocycles. The third kappa shape index (κ3) is 2.73. The van der Waals surface area contributed by atoms with Gasteiger partial charge in [0.25, 0.3) is 0 Å². The van der Waals surface area contributed by atoms with Crippen LogP contribution in [-0.2, 0) is 16.6 Å². The molecule has 1 amide bonds. The largest absolute Gasteiger partial charge is 0.444 e. The van der Waals surface area contributed by atoms with Crippen molar-refractivity contribution in [1.29, 1.82) is 0 Å². The van der Waals surface area contributed by atoms with Gasteiger partial charge < -0.3 is 9.64 Å². The molecule has 0 radical (unpaired) electrons. The maximum atomic E-state index is 12.2. The SMILES string of the molecule is Cc1cccc2c1C1(CC2)CCN(C(=O)OC(C)(C)C)CC1. The van der Waals surface area contributed by atoms with E-state index in [-0.39, 0.29) is 6.09 Å². The van der Waals surface area contributed by atoms with Crippen LogP contribution in [-0.4, -0.2) is 29.7 Å². The Morgan fingerprint density at radius 1 is 1.18 bits per heavy atom. The Kier molecular flexibility index (Phi) is 3.70. The zero-order chi connectivity index (χ0) is 16.0. The van der Waals surface area contributed by atoms with Gasteiger partial charge in [-0.3, -0.25) is 0 Å². The van der Waals surface area contributed by atoms with E-state index in [0.29, 0.717) is 5.41 Å². The van der Waals surface area contributed by atoms with Crippen LogP contribution >= 0.6 is 0 Å². The molecule has 1 spiro atoms. The van der Waals surface area contributed by atoms with Crippen LogP contribution in [0.3, 0.4) is 0 Å². The summed E-state index contributed by atoms with van der Waals surface area (Å²) in [7, 11) is 0. The number of ether oxygens (including phenoxy) is 1. The van der Waals surface area contributed by atoms with Crippen LogP contribution in [0.2, 0.25) is 0 Å². The molecule has 3 nitrogen and oxygen atoms in total. The maximum absolute atomic E-state index is 12.2. The van der Waals surface area contributed by atoms with Crippen molar-refractivity contribution >= 4 is 6.09 Å². The molecule has 120 valence electrons. The van der Waals surface area contributed by atoms with Gasteiger partial charge in [-0.25, -0.2) is 4.79 Å². The van der Waals surface area contributed by atoms with E-state index in [2.05, 4.69) is 25.1 Å². The van der Waals surface area contributed by atoms with Crippen molar-refractivity contribution in [3.63, 3.8) is 0 Å². The highest BCUT2D eigenvalue weighted by Crippen LogP contribution is 2.47. The fourth-order valence-corrected chi connectivity index (χ4v) is 4.14. The summed E-state index contributed by atoms with van der Waals surface area (Å²) in [6.07, 6.45) is 4.37. The Bertz CT molecular complexity index is 578. The van der Waals surface area contributed by atoms with Crippen molar-refractivity contribution in [2.45, 2.75) is 64.4 Å². The highest BCUT2D eigenvalue weighted by atomic mass is 16.6. The van der Waals surface area contributed by atoms with E-state index in [1.54, 1.807) is 5.56 Å². The predicted octanol–water partition coefficient (Wildman–Crippen LogP) is 4.21. The maximum Gasteiger partial charge on any atom is 0.410 e. The van der Waals surface area contributed by atoms with Crippen molar-refractivity contribution < 1.29 is 9.53 Å². The van der Waals surface area contributed by atoms with Crippen LogP contribution in [0.1, 0.15) is 56.7 Å². The van der Waals surface area contributed by atoms with E-state index in [9.17, 15) is 4.79 Å². The number of fused-ring (bicyclic) bond motifs is 2. The van der Waals surface area contributed by atoms with E-state index in [1.807, 2.05) is 25.7 Å². The molecule has 0 atom stereocenters. The molecule has 1 aromatic rings. The summed E-state index contributed by atoms with van der Waals surface area (Å²) in [4.78, 5) is 14.1. The second-order valence-electron chi connectivity index (χ2n) is 7.86. The number of nitrogens with zero attached hydrogens (tertiary/aromatic N) is 1. The third-order valence-corrected chi connectivity index (χ3v) is 5.13. The van der Waals surface area contributed by atoms with Gasteiger partial charge in [-0.1, -0.05) is 18.2 Å². The number of benzene rings is 1. The molecule has 0 bridgehead atoms. The number of piperidine rings is 1. The van der Waals surface area contributed by atoms with Crippen molar-refractivity contribution in [3.8, 4) is 0 Å². The number of carbonyl (C=O) groups excluding carboxylic acids is 1. The first-order valence-corrected chi connectivity index (χ1v) is 8.38. The predicted molar refractivity (Wildman–Crippen MR) is 88.2 cm³/mol. The molecule has 22 heavy (non-hydrogen) atoms. The van der Waals surface area contributed by atoms with Gasteiger partial charge in [-0.2, -0.15) is 0 Å². The lowest BCUT2D eigenvalue weighted by molar-refractivity contribution is 0.0164. The number of hydrogen-bond acceptors (Lipinski definition) is 2. The smallest absolute Gasteiger partial charge is 0.410 e. The highest BCUT2D eigenvalue weighted by molar-refractivity contribution is 5.68. The van der Waals surface area contributed by atoms with Crippen LogP contribution < -0.4 is 0 Å². The number of carbonyl (C=O) groups is 1. The quantitative estimate of drug-likeness (QED) is 0.718. The lowest BCUT2D eigenvalue weighted by Gasteiger charge is -2.41. The van der Waals surface area contributed by atoms with Crippen molar-refractivity contribution in [3.05, 3.63) is 34.9 Å². The molecule has 1 aromatic carbocycles. The zero-order valence-electron chi connectivity index (χ0n) is 14.2. The first-order valence-electron chi connectivity index (χ1n) is 8.38. The van der Waals surface area contributed by atoms with Gasteiger partial charge in [-0.05, 0) is 75.5 Å². The zero-order valence-corrected chi connectivity index (χ0v) is 14.2. The summed E-state index contributed by atoms with van der Waals surface area (Å²) in [5, 5.41) is 0. The molecule has 0 N–H and O–H groups in total. The van der Waals surface area contributed by atoms with Gasteiger partial charge in [0.05, 0.1) is 0 Å².